The van der Waals surface area contributed by atoms with Gasteiger partial charge in [0.05, 0.1) is 0 Å². The molecular weight excluding hydrogens is 208 g/mol. The van der Waals surface area contributed by atoms with Gasteiger partial charge in [-0.05, 0) is 38.8 Å². The molecular formula is C12H19ClN2. The van der Waals surface area contributed by atoms with Crippen LogP contribution in [0.3, 0.4) is 0 Å². The summed E-state index contributed by atoms with van der Waals surface area (Å²) in [6.45, 7) is 7.43. The van der Waals surface area contributed by atoms with Crippen LogP contribution >= 0.6 is 11.6 Å². The lowest BCUT2D eigenvalue weighted by molar-refractivity contribution is 0.661. The third-order valence-electron chi connectivity index (χ3n) is 2.41. The lowest BCUT2D eigenvalue weighted by Crippen LogP contribution is -2.33. The minimum absolute atomic E-state index is 0.460. The summed E-state index contributed by atoms with van der Waals surface area (Å²) in [6.07, 6.45) is 2.84. The van der Waals surface area contributed by atoms with Crippen molar-refractivity contribution in [3.05, 3.63) is 23.9 Å². The van der Waals surface area contributed by atoms with Gasteiger partial charge in [0.25, 0.3) is 0 Å². The molecule has 0 saturated heterocycles. The zero-order chi connectivity index (χ0) is 11.3. The molecule has 2 nitrogen and oxygen atoms in total. The summed E-state index contributed by atoms with van der Waals surface area (Å²) in [4.78, 5) is 6.74. The van der Waals surface area contributed by atoms with Crippen molar-refractivity contribution >= 4 is 17.4 Å². The van der Waals surface area contributed by atoms with Crippen molar-refractivity contribution in [3.8, 4) is 0 Å². The van der Waals surface area contributed by atoms with Crippen molar-refractivity contribution in [3.63, 3.8) is 0 Å². The predicted octanol–water partition coefficient (Wildman–Crippen LogP) is 3.23. The van der Waals surface area contributed by atoms with E-state index in [-0.39, 0.29) is 0 Å². The highest BCUT2D eigenvalue weighted by Gasteiger charge is 2.12. The van der Waals surface area contributed by atoms with Crippen LogP contribution in [0.4, 0.5) is 5.82 Å². The Balaban J connectivity index is 2.84. The van der Waals surface area contributed by atoms with Gasteiger partial charge in [-0.1, -0.05) is 6.07 Å². The predicted molar refractivity (Wildman–Crippen MR) is 66.8 cm³/mol. The van der Waals surface area contributed by atoms with Gasteiger partial charge in [-0.2, -0.15) is 0 Å². The van der Waals surface area contributed by atoms with E-state index in [0.29, 0.717) is 11.9 Å². The van der Waals surface area contributed by atoms with Crippen LogP contribution < -0.4 is 4.90 Å². The Morgan fingerprint density at radius 1 is 1.47 bits per heavy atom. The SMILES string of the molecule is Cc1cccnc1N(CCCCl)C(C)C. The molecule has 1 aromatic heterocycles. The summed E-state index contributed by atoms with van der Waals surface area (Å²) in [6, 6.07) is 4.53. The van der Waals surface area contributed by atoms with E-state index in [1.165, 1.54) is 5.56 Å². The van der Waals surface area contributed by atoms with E-state index in [9.17, 15) is 0 Å². The first-order chi connectivity index (χ1) is 7.16. The molecule has 0 bridgehead atoms. The van der Waals surface area contributed by atoms with Crippen LogP contribution in [-0.2, 0) is 0 Å². The standard InChI is InChI=1S/C12H19ClN2/c1-10(2)15(9-5-7-13)12-11(3)6-4-8-14-12/h4,6,8,10H,5,7,9H2,1-3H3. The zero-order valence-corrected chi connectivity index (χ0v) is 10.5. The summed E-state index contributed by atoms with van der Waals surface area (Å²) in [7, 11) is 0. The van der Waals surface area contributed by atoms with Crippen LogP contribution in [0.5, 0.6) is 0 Å². The van der Waals surface area contributed by atoms with Gasteiger partial charge in [-0.3, -0.25) is 0 Å². The van der Waals surface area contributed by atoms with E-state index in [4.69, 9.17) is 11.6 Å². The molecule has 1 aromatic rings. The Bertz CT molecular complexity index is 299. The van der Waals surface area contributed by atoms with E-state index >= 15 is 0 Å². The van der Waals surface area contributed by atoms with E-state index in [2.05, 4.69) is 36.7 Å². The average molecular weight is 227 g/mol. The fraction of sp³-hybridized carbons (Fsp3) is 0.583. The molecule has 0 aliphatic heterocycles. The fourth-order valence-corrected chi connectivity index (χ4v) is 1.74. The molecule has 0 saturated carbocycles. The second kappa shape index (κ2) is 5.96. The number of aryl methyl sites for hydroxylation is 1. The minimum Gasteiger partial charge on any atom is -0.354 e. The van der Waals surface area contributed by atoms with Crippen LogP contribution in [0, 0.1) is 6.92 Å². The number of pyridine rings is 1. The number of aromatic nitrogens is 1. The molecule has 0 spiro atoms. The van der Waals surface area contributed by atoms with Crippen LogP contribution in [0.25, 0.3) is 0 Å². The lowest BCUT2D eigenvalue weighted by atomic mass is 10.2. The fourth-order valence-electron chi connectivity index (χ4n) is 1.62. The smallest absolute Gasteiger partial charge is 0.131 e. The van der Waals surface area contributed by atoms with Crippen LogP contribution in [0.1, 0.15) is 25.8 Å². The lowest BCUT2D eigenvalue weighted by Gasteiger charge is -2.28. The Morgan fingerprint density at radius 3 is 2.73 bits per heavy atom. The van der Waals surface area contributed by atoms with Crippen LogP contribution in [-0.4, -0.2) is 23.5 Å². The summed E-state index contributed by atoms with van der Waals surface area (Å²) in [5.74, 6) is 1.78. The summed E-state index contributed by atoms with van der Waals surface area (Å²) in [5.41, 5.74) is 1.22. The van der Waals surface area contributed by atoms with Crippen molar-refractivity contribution in [1.29, 1.82) is 0 Å². The molecule has 1 rings (SSSR count). The Morgan fingerprint density at radius 2 is 2.20 bits per heavy atom. The maximum Gasteiger partial charge on any atom is 0.131 e. The third-order valence-corrected chi connectivity index (χ3v) is 2.68. The highest BCUT2D eigenvalue weighted by Crippen LogP contribution is 2.18. The van der Waals surface area contributed by atoms with Gasteiger partial charge >= 0.3 is 0 Å². The number of halogens is 1. The molecule has 1 heterocycles. The maximum absolute atomic E-state index is 5.73. The number of nitrogens with zero attached hydrogens (tertiary/aromatic N) is 2. The molecule has 0 aliphatic carbocycles. The summed E-state index contributed by atoms with van der Waals surface area (Å²) in [5, 5.41) is 0. The highest BCUT2D eigenvalue weighted by molar-refractivity contribution is 6.17. The van der Waals surface area contributed by atoms with Gasteiger partial charge in [0.15, 0.2) is 0 Å². The van der Waals surface area contributed by atoms with Gasteiger partial charge in [0, 0.05) is 24.7 Å². The topological polar surface area (TPSA) is 16.1 Å². The Labute approximate surface area is 97.3 Å². The average Bonchev–Trinajstić information content (AvgIpc) is 2.20. The quantitative estimate of drug-likeness (QED) is 0.717. The second-order valence-electron chi connectivity index (χ2n) is 3.97. The Kier molecular flexibility index (Phi) is 4.89. The van der Waals surface area contributed by atoms with Crippen LogP contribution in [0.15, 0.2) is 18.3 Å². The van der Waals surface area contributed by atoms with Gasteiger partial charge in [-0.15, -0.1) is 11.6 Å². The molecule has 0 radical (unpaired) electrons. The van der Waals surface area contributed by atoms with Crippen LogP contribution in [0.2, 0.25) is 0 Å². The molecule has 0 atom stereocenters. The first kappa shape index (κ1) is 12.3. The number of hydrogen-bond acceptors (Lipinski definition) is 2. The molecule has 0 aromatic carbocycles. The number of hydrogen-bond donors (Lipinski definition) is 0. The maximum atomic E-state index is 5.73. The largest absolute Gasteiger partial charge is 0.354 e. The highest BCUT2D eigenvalue weighted by atomic mass is 35.5. The first-order valence-electron chi connectivity index (χ1n) is 5.41. The number of alkyl halides is 1. The first-order valence-corrected chi connectivity index (χ1v) is 5.94. The molecule has 0 N–H and O–H groups in total. The molecule has 15 heavy (non-hydrogen) atoms. The molecule has 0 amide bonds. The minimum atomic E-state index is 0.460. The monoisotopic (exact) mass is 226 g/mol. The molecule has 0 fully saturated rings. The normalized spacial score (nSPS) is 10.7. The van der Waals surface area contributed by atoms with Gasteiger partial charge in [0.2, 0.25) is 0 Å². The summed E-state index contributed by atoms with van der Waals surface area (Å²) >= 11 is 5.73. The zero-order valence-electron chi connectivity index (χ0n) is 9.70. The molecule has 0 aliphatic rings. The number of anilines is 1. The van der Waals surface area contributed by atoms with Crippen molar-refractivity contribution in [2.75, 3.05) is 17.3 Å². The molecule has 0 unspecified atom stereocenters. The van der Waals surface area contributed by atoms with E-state index in [1.54, 1.807) is 0 Å². The molecule has 3 heteroatoms. The van der Waals surface area contributed by atoms with E-state index in [1.807, 2.05) is 12.3 Å². The van der Waals surface area contributed by atoms with E-state index < -0.39 is 0 Å². The van der Waals surface area contributed by atoms with Crippen molar-refractivity contribution in [1.82, 2.24) is 4.98 Å². The van der Waals surface area contributed by atoms with E-state index in [0.717, 1.165) is 18.8 Å². The van der Waals surface area contributed by atoms with Crippen molar-refractivity contribution < 1.29 is 0 Å². The summed E-state index contributed by atoms with van der Waals surface area (Å²) < 4.78 is 0. The second-order valence-corrected chi connectivity index (χ2v) is 4.35. The number of rotatable bonds is 5. The van der Waals surface area contributed by atoms with Gasteiger partial charge < -0.3 is 4.90 Å². The van der Waals surface area contributed by atoms with Gasteiger partial charge in [0.1, 0.15) is 5.82 Å². The van der Waals surface area contributed by atoms with Crippen molar-refractivity contribution in [2.24, 2.45) is 0 Å². The van der Waals surface area contributed by atoms with Gasteiger partial charge in [-0.25, -0.2) is 4.98 Å². The molecule has 84 valence electrons. The van der Waals surface area contributed by atoms with Crippen molar-refractivity contribution in [2.45, 2.75) is 33.2 Å². The Hall–Kier alpha value is -0.760. The third kappa shape index (κ3) is 3.38.